The maximum atomic E-state index is 12.5. The van der Waals surface area contributed by atoms with E-state index in [1.165, 1.54) is 0 Å². The van der Waals surface area contributed by atoms with Gasteiger partial charge in [0.25, 0.3) is 5.91 Å². The number of nitrogens with two attached hydrogens (primary N) is 1. The molecule has 2 aromatic rings. The van der Waals surface area contributed by atoms with Crippen LogP contribution >= 0.6 is 0 Å². The fraction of sp³-hybridized carbons (Fsp3) is 0.111. The van der Waals surface area contributed by atoms with E-state index >= 15 is 0 Å². The molecule has 112 valence electrons. The van der Waals surface area contributed by atoms with Crippen LogP contribution in [-0.4, -0.2) is 29.8 Å². The number of rotatable bonds is 6. The molecular weight excluding hydrogens is 276 g/mol. The number of benzene rings is 2. The van der Waals surface area contributed by atoms with Gasteiger partial charge in [-0.05, 0) is 35.0 Å². The zero-order valence-electron chi connectivity index (χ0n) is 12.3. The fourth-order valence-electron chi connectivity index (χ4n) is 2.27. The summed E-state index contributed by atoms with van der Waals surface area (Å²) in [4.78, 5) is 25.3. The maximum Gasteiger partial charge on any atom is 0.254 e. The third-order valence-electron chi connectivity index (χ3n) is 3.36. The summed E-state index contributed by atoms with van der Waals surface area (Å²) in [7, 11) is 0. The summed E-state index contributed by atoms with van der Waals surface area (Å²) < 4.78 is 0. The highest BCUT2D eigenvalue weighted by atomic mass is 16.2. The predicted molar refractivity (Wildman–Crippen MR) is 88.8 cm³/mol. The van der Waals surface area contributed by atoms with E-state index in [1.54, 1.807) is 41.3 Å². The van der Waals surface area contributed by atoms with E-state index < -0.39 is 5.91 Å². The van der Waals surface area contributed by atoms with E-state index in [0.717, 1.165) is 10.8 Å². The molecule has 0 unspecified atom stereocenters. The normalized spacial score (nSPS) is 10.2. The molecular formula is C18H18N2O2. The fourth-order valence-corrected chi connectivity index (χ4v) is 2.27. The molecule has 2 rings (SSSR count). The third-order valence-corrected chi connectivity index (χ3v) is 3.36. The van der Waals surface area contributed by atoms with Gasteiger partial charge in [0.2, 0.25) is 5.91 Å². The van der Waals surface area contributed by atoms with Crippen LogP contribution in [0.2, 0.25) is 0 Å². The summed E-state index contributed by atoms with van der Waals surface area (Å²) in [6, 6.07) is 10.5. The molecule has 0 aromatic heterocycles. The highest BCUT2D eigenvalue weighted by Crippen LogP contribution is 2.19. The van der Waals surface area contributed by atoms with Crippen LogP contribution in [0.4, 0.5) is 0 Å². The summed E-state index contributed by atoms with van der Waals surface area (Å²) in [5.41, 5.74) is 6.31. The molecule has 0 aliphatic carbocycles. The van der Waals surface area contributed by atoms with Gasteiger partial charge in [-0.1, -0.05) is 24.3 Å². The van der Waals surface area contributed by atoms with Crippen molar-refractivity contribution in [2.75, 3.05) is 13.1 Å². The van der Waals surface area contributed by atoms with Gasteiger partial charge in [0.05, 0.1) is 0 Å². The summed E-state index contributed by atoms with van der Waals surface area (Å²) in [5.74, 6) is -0.550. The first kappa shape index (κ1) is 15.5. The van der Waals surface area contributed by atoms with Gasteiger partial charge in [-0.25, -0.2) is 0 Å². The Morgan fingerprint density at radius 1 is 0.955 bits per heavy atom. The molecule has 2 N–H and O–H groups in total. The van der Waals surface area contributed by atoms with Crippen LogP contribution in [0, 0.1) is 0 Å². The van der Waals surface area contributed by atoms with E-state index in [2.05, 4.69) is 13.2 Å². The Kier molecular flexibility index (Phi) is 4.73. The van der Waals surface area contributed by atoms with Crippen LogP contribution in [0.25, 0.3) is 10.8 Å². The average Bonchev–Trinajstić information content (AvgIpc) is 2.53. The number of amides is 2. The van der Waals surface area contributed by atoms with Crippen molar-refractivity contribution in [1.29, 1.82) is 0 Å². The van der Waals surface area contributed by atoms with E-state index in [9.17, 15) is 9.59 Å². The molecule has 0 spiro atoms. The molecule has 0 saturated carbocycles. The van der Waals surface area contributed by atoms with Crippen molar-refractivity contribution >= 4 is 22.6 Å². The monoisotopic (exact) mass is 294 g/mol. The minimum absolute atomic E-state index is 0.0827. The number of nitrogens with zero attached hydrogens (tertiary/aromatic N) is 1. The summed E-state index contributed by atoms with van der Waals surface area (Å²) >= 11 is 0. The maximum absolute atomic E-state index is 12.5. The molecule has 22 heavy (non-hydrogen) atoms. The molecule has 0 radical (unpaired) electrons. The largest absolute Gasteiger partial charge is 0.366 e. The molecule has 0 saturated heterocycles. The lowest BCUT2D eigenvalue weighted by atomic mass is 10.0. The molecule has 4 heteroatoms. The van der Waals surface area contributed by atoms with Crippen LogP contribution in [0.15, 0.2) is 61.7 Å². The zero-order valence-corrected chi connectivity index (χ0v) is 12.3. The molecule has 2 aromatic carbocycles. The first-order valence-electron chi connectivity index (χ1n) is 6.91. The molecule has 0 aliphatic rings. The van der Waals surface area contributed by atoms with Crippen molar-refractivity contribution in [3.63, 3.8) is 0 Å². The molecule has 2 amide bonds. The number of carbonyl (C=O) groups excluding carboxylic acids is 2. The Bertz CT molecular complexity index is 740. The minimum Gasteiger partial charge on any atom is -0.366 e. The zero-order chi connectivity index (χ0) is 16.1. The van der Waals surface area contributed by atoms with Crippen molar-refractivity contribution in [3.8, 4) is 0 Å². The van der Waals surface area contributed by atoms with E-state index in [0.29, 0.717) is 24.2 Å². The van der Waals surface area contributed by atoms with Gasteiger partial charge in [0.15, 0.2) is 0 Å². The van der Waals surface area contributed by atoms with Crippen LogP contribution in [0.5, 0.6) is 0 Å². The van der Waals surface area contributed by atoms with Crippen molar-refractivity contribution in [1.82, 2.24) is 4.90 Å². The molecule has 0 fully saturated rings. The first-order valence-corrected chi connectivity index (χ1v) is 6.91. The van der Waals surface area contributed by atoms with Gasteiger partial charge < -0.3 is 10.6 Å². The Balaban J connectivity index is 2.37. The van der Waals surface area contributed by atoms with Crippen LogP contribution in [0.1, 0.15) is 20.7 Å². The van der Waals surface area contributed by atoms with Gasteiger partial charge in [-0.2, -0.15) is 0 Å². The molecule has 4 nitrogen and oxygen atoms in total. The summed E-state index contributed by atoms with van der Waals surface area (Å²) in [6.07, 6.45) is 3.36. The lowest BCUT2D eigenvalue weighted by Gasteiger charge is -2.19. The Hall–Kier alpha value is -2.88. The van der Waals surface area contributed by atoms with Crippen molar-refractivity contribution in [3.05, 3.63) is 72.8 Å². The third kappa shape index (κ3) is 3.23. The second kappa shape index (κ2) is 6.72. The topological polar surface area (TPSA) is 63.4 Å². The standard InChI is InChI=1S/C18H18N2O2/c1-3-9-20(10-4-2)18(22)16-8-6-13-11-15(17(19)21)7-5-14(13)12-16/h3-8,11-12H,1-2,9-10H2,(H2,19,21). The SMILES string of the molecule is C=CCN(CC=C)C(=O)c1ccc2cc(C(N)=O)ccc2c1. The van der Waals surface area contributed by atoms with E-state index in [-0.39, 0.29) is 5.91 Å². The van der Waals surface area contributed by atoms with Gasteiger partial charge in [-0.15, -0.1) is 13.2 Å². The van der Waals surface area contributed by atoms with Crippen molar-refractivity contribution in [2.45, 2.75) is 0 Å². The molecule has 0 bridgehead atoms. The van der Waals surface area contributed by atoms with E-state index in [4.69, 9.17) is 5.73 Å². The van der Waals surface area contributed by atoms with Gasteiger partial charge >= 0.3 is 0 Å². The smallest absolute Gasteiger partial charge is 0.254 e. The first-order chi connectivity index (χ1) is 10.6. The molecule has 0 atom stereocenters. The van der Waals surface area contributed by atoms with Gasteiger partial charge in [0, 0.05) is 24.2 Å². The van der Waals surface area contributed by atoms with Crippen LogP contribution in [-0.2, 0) is 0 Å². The highest BCUT2D eigenvalue weighted by Gasteiger charge is 2.14. The predicted octanol–water partition coefficient (Wildman–Crippen LogP) is 2.75. The number of hydrogen-bond donors (Lipinski definition) is 1. The highest BCUT2D eigenvalue weighted by molar-refractivity contribution is 6.01. The lowest BCUT2D eigenvalue weighted by molar-refractivity contribution is 0.0790. The van der Waals surface area contributed by atoms with Gasteiger partial charge in [0.1, 0.15) is 0 Å². The molecule has 0 heterocycles. The second-order valence-electron chi connectivity index (χ2n) is 4.93. The second-order valence-corrected chi connectivity index (χ2v) is 4.93. The van der Waals surface area contributed by atoms with Gasteiger partial charge in [-0.3, -0.25) is 9.59 Å². The quantitative estimate of drug-likeness (QED) is 0.833. The molecule has 0 aliphatic heterocycles. The van der Waals surface area contributed by atoms with Crippen LogP contribution < -0.4 is 5.73 Å². The number of carbonyl (C=O) groups is 2. The summed E-state index contributed by atoms with van der Waals surface area (Å²) in [5, 5.41) is 1.75. The van der Waals surface area contributed by atoms with Crippen molar-refractivity contribution in [2.24, 2.45) is 5.73 Å². The Labute approximate surface area is 129 Å². The van der Waals surface area contributed by atoms with E-state index in [1.807, 2.05) is 12.1 Å². The Morgan fingerprint density at radius 2 is 1.45 bits per heavy atom. The minimum atomic E-state index is -0.467. The lowest BCUT2D eigenvalue weighted by Crippen LogP contribution is -2.31. The summed E-state index contributed by atoms with van der Waals surface area (Å²) in [6.45, 7) is 8.25. The number of primary amides is 1. The Morgan fingerprint density at radius 3 is 1.95 bits per heavy atom. The average molecular weight is 294 g/mol. The number of hydrogen-bond acceptors (Lipinski definition) is 2. The van der Waals surface area contributed by atoms with Crippen molar-refractivity contribution < 1.29 is 9.59 Å². The van der Waals surface area contributed by atoms with Crippen LogP contribution in [0.3, 0.4) is 0 Å². The number of fused-ring (bicyclic) bond motifs is 1.